The van der Waals surface area contributed by atoms with E-state index in [-0.39, 0.29) is 28.6 Å². The maximum atomic E-state index is 11.5. The lowest BCUT2D eigenvalue weighted by molar-refractivity contribution is -0.153. The van der Waals surface area contributed by atoms with Crippen molar-refractivity contribution in [3.63, 3.8) is 0 Å². The van der Waals surface area contributed by atoms with Gasteiger partial charge >= 0.3 is 5.97 Å². The molecule has 0 aromatic heterocycles. The van der Waals surface area contributed by atoms with E-state index in [4.69, 9.17) is 4.74 Å². The van der Waals surface area contributed by atoms with Crippen molar-refractivity contribution < 1.29 is 19.7 Å². The van der Waals surface area contributed by atoms with E-state index < -0.39 is 18.3 Å². The Hall–Kier alpha value is -0.870. The molecule has 0 aromatic rings. The highest BCUT2D eigenvalue weighted by atomic mass is 16.6. The van der Waals surface area contributed by atoms with E-state index in [0.717, 1.165) is 19.3 Å². The number of hydrogen-bond donors (Lipinski definition) is 2. The van der Waals surface area contributed by atoms with E-state index in [2.05, 4.69) is 26.8 Å². The summed E-state index contributed by atoms with van der Waals surface area (Å²) in [6.07, 6.45) is 6.87. The fourth-order valence-corrected chi connectivity index (χ4v) is 7.12. The maximum Gasteiger partial charge on any atom is 0.302 e. The van der Waals surface area contributed by atoms with Gasteiger partial charge in [0.15, 0.2) is 0 Å². The summed E-state index contributed by atoms with van der Waals surface area (Å²) in [4.78, 5) is 11.5. The summed E-state index contributed by atoms with van der Waals surface area (Å²) in [6, 6.07) is 0. The lowest BCUT2D eigenvalue weighted by Gasteiger charge is -2.58. The molecular weight excluding hydrogens is 328 g/mol. The van der Waals surface area contributed by atoms with E-state index in [9.17, 15) is 15.0 Å². The summed E-state index contributed by atoms with van der Waals surface area (Å²) in [7, 11) is 0. The van der Waals surface area contributed by atoms with Gasteiger partial charge in [-0.25, -0.2) is 0 Å². The van der Waals surface area contributed by atoms with Crippen LogP contribution >= 0.6 is 0 Å². The van der Waals surface area contributed by atoms with Crippen LogP contribution in [0.2, 0.25) is 0 Å². The average molecular weight is 363 g/mol. The quantitative estimate of drug-likeness (QED) is 0.554. The third kappa shape index (κ3) is 2.51. The van der Waals surface area contributed by atoms with Gasteiger partial charge in [-0.05, 0) is 67.6 Å². The van der Waals surface area contributed by atoms with Crippen LogP contribution in [-0.2, 0) is 9.53 Å². The lowest BCUT2D eigenvalue weighted by atomic mass is 9.47. The summed E-state index contributed by atoms with van der Waals surface area (Å²) in [5.41, 5.74) is 1.37. The second-order valence-corrected chi connectivity index (χ2v) is 10.1. The van der Waals surface area contributed by atoms with Gasteiger partial charge in [0, 0.05) is 12.3 Å². The number of fused-ring (bicyclic) bond motifs is 5. The summed E-state index contributed by atoms with van der Waals surface area (Å²) in [5, 5.41) is 22.0. The maximum absolute atomic E-state index is 11.5. The summed E-state index contributed by atoms with van der Waals surface area (Å²) in [6.45, 7) is 8.27. The zero-order valence-electron chi connectivity index (χ0n) is 16.6. The largest absolute Gasteiger partial charge is 0.460 e. The Kier molecular flexibility index (Phi) is 4.31. The van der Waals surface area contributed by atoms with E-state index in [1.165, 1.54) is 25.3 Å². The molecule has 4 nitrogen and oxygen atoms in total. The van der Waals surface area contributed by atoms with Crippen LogP contribution in [-0.4, -0.2) is 34.5 Å². The fraction of sp³-hybridized carbons (Fsp3) is 0.864. The van der Waals surface area contributed by atoms with Gasteiger partial charge in [0.1, 0.15) is 6.10 Å². The smallest absolute Gasteiger partial charge is 0.302 e. The van der Waals surface area contributed by atoms with Crippen LogP contribution in [0.15, 0.2) is 11.6 Å². The normalized spacial score (nSPS) is 53.2. The number of rotatable bonds is 1. The molecule has 2 N–H and O–H groups in total. The van der Waals surface area contributed by atoms with Gasteiger partial charge in [-0.15, -0.1) is 0 Å². The Bertz CT molecular complexity index is 628. The predicted octanol–water partition coefficient (Wildman–Crippen LogP) is 3.46. The van der Waals surface area contributed by atoms with Gasteiger partial charge in [-0.3, -0.25) is 4.79 Å². The Morgan fingerprint density at radius 1 is 1.19 bits per heavy atom. The van der Waals surface area contributed by atoms with E-state index in [1.807, 2.05) is 0 Å². The van der Waals surface area contributed by atoms with Crippen molar-refractivity contribution in [1.29, 1.82) is 0 Å². The van der Waals surface area contributed by atoms with Crippen LogP contribution in [0.4, 0.5) is 0 Å². The molecule has 146 valence electrons. The van der Waals surface area contributed by atoms with Crippen molar-refractivity contribution in [3.8, 4) is 0 Å². The molecule has 0 saturated heterocycles. The van der Waals surface area contributed by atoms with Crippen LogP contribution in [0, 0.1) is 34.5 Å². The Labute approximate surface area is 157 Å². The molecule has 0 aromatic carbocycles. The second-order valence-electron chi connectivity index (χ2n) is 10.1. The molecule has 4 aliphatic rings. The highest BCUT2D eigenvalue weighted by Gasteiger charge is 2.63. The molecule has 0 heterocycles. The van der Waals surface area contributed by atoms with E-state index in [0.29, 0.717) is 18.3 Å². The summed E-state index contributed by atoms with van der Waals surface area (Å²) in [5.74, 6) is 1.20. The van der Waals surface area contributed by atoms with Crippen LogP contribution in [0.1, 0.15) is 66.2 Å². The number of ether oxygens (including phenoxy) is 1. The lowest BCUT2D eigenvalue weighted by Crippen LogP contribution is -2.55. The number of allylic oxidation sites excluding steroid dienone is 1. The van der Waals surface area contributed by atoms with Gasteiger partial charge in [0.05, 0.1) is 12.2 Å². The number of carbonyl (C=O) groups excluding carboxylic acids is 1. The molecule has 0 aliphatic heterocycles. The molecule has 0 radical (unpaired) electrons. The van der Waals surface area contributed by atoms with Crippen molar-refractivity contribution in [2.45, 2.75) is 84.5 Å². The molecule has 4 aliphatic carbocycles. The van der Waals surface area contributed by atoms with Crippen molar-refractivity contribution in [1.82, 2.24) is 0 Å². The zero-order chi connectivity index (χ0) is 18.9. The molecule has 4 unspecified atom stereocenters. The summed E-state index contributed by atoms with van der Waals surface area (Å²) < 4.78 is 5.46. The highest BCUT2D eigenvalue weighted by molar-refractivity contribution is 5.66. The molecule has 4 rings (SSSR count). The average Bonchev–Trinajstić information content (AvgIpc) is 2.80. The Morgan fingerprint density at radius 2 is 1.92 bits per heavy atom. The van der Waals surface area contributed by atoms with Crippen molar-refractivity contribution >= 4 is 5.97 Å². The van der Waals surface area contributed by atoms with Crippen molar-refractivity contribution in [2.24, 2.45) is 34.5 Å². The molecule has 26 heavy (non-hydrogen) atoms. The molecule has 0 spiro atoms. The van der Waals surface area contributed by atoms with Crippen molar-refractivity contribution in [3.05, 3.63) is 11.6 Å². The minimum Gasteiger partial charge on any atom is -0.460 e. The third-order valence-electron chi connectivity index (χ3n) is 8.64. The predicted molar refractivity (Wildman–Crippen MR) is 99.2 cm³/mol. The van der Waals surface area contributed by atoms with E-state index in [1.54, 1.807) is 0 Å². The molecule has 3 fully saturated rings. The van der Waals surface area contributed by atoms with Gasteiger partial charge in [0.25, 0.3) is 0 Å². The zero-order valence-corrected chi connectivity index (χ0v) is 16.6. The first-order chi connectivity index (χ1) is 12.2. The number of aliphatic hydroxyl groups excluding tert-OH is 2. The number of aliphatic hydroxyl groups is 2. The molecule has 4 heteroatoms. The summed E-state index contributed by atoms with van der Waals surface area (Å²) >= 11 is 0. The second kappa shape index (κ2) is 6.07. The minimum absolute atomic E-state index is 0.158. The van der Waals surface area contributed by atoms with Crippen LogP contribution in [0.3, 0.4) is 0 Å². The number of hydrogen-bond acceptors (Lipinski definition) is 4. The van der Waals surface area contributed by atoms with Gasteiger partial charge < -0.3 is 14.9 Å². The molecule has 3 saturated carbocycles. The number of esters is 1. The first-order valence-electron chi connectivity index (χ1n) is 10.4. The van der Waals surface area contributed by atoms with E-state index >= 15 is 0 Å². The molecule has 9 atom stereocenters. The van der Waals surface area contributed by atoms with Gasteiger partial charge in [-0.1, -0.05) is 32.4 Å². The fourth-order valence-electron chi connectivity index (χ4n) is 7.12. The Morgan fingerprint density at radius 3 is 2.62 bits per heavy atom. The molecule has 0 amide bonds. The monoisotopic (exact) mass is 362 g/mol. The molecular formula is C22H34O4. The third-order valence-corrected chi connectivity index (χ3v) is 8.64. The van der Waals surface area contributed by atoms with Crippen LogP contribution in [0.5, 0.6) is 0 Å². The van der Waals surface area contributed by atoms with Gasteiger partial charge in [-0.2, -0.15) is 0 Å². The number of carbonyl (C=O) groups is 1. The van der Waals surface area contributed by atoms with Gasteiger partial charge in [0.2, 0.25) is 0 Å². The standard InChI is InChI=1S/C22H34O4/c1-12-5-7-21(3)14(9-12)10-17(24)19-15(21)6-8-22(4)16(19)11-18(20(22)25)26-13(2)23/h10,12,15-20,24-25H,5-9,11H2,1-4H3/t12-,15?,16?,17?,18+,19?,20-,21-,22-/m0/s1. The first kappa shape index (κ1) is 18.5. The van der Waals surface area contributed by atoms with Crippen LogP contribution in [0.25, 0.3) is 0 Å². The van der Waals surface area contributed by atoms with Crippen molar-refractivity contribution in [2.75, 3.05) is 0 Å². The minimum atomic E-state index is -0.630. The first-order valence-corrected chi connectivity index (χ1v) is 10.4. The SMILES string of the molecule is CC(=O)O[C@@H]1CC2C3C(O)C=C4C[C@@H](C)CC[C@]4(C)C3CC[C@]2(C)[C@H]1O. The topological polar surface area (TPSA) is 66.8 Å². The molecule has 0 bridgehead atoms. The Balaban J connectivity index is 1.68. The highest BCUT2D eigenvalue weighted by Crippen LogP contribution is 2.65. The van der Waals surface area contributed by atoms with Crippen LogP contribution < -0.4 is 0 Å².